The Kier molecular flexibility index (Phi) is 12.3. The normalized spacial score (nSPS) is 12.2. The second kappa shape index (κ2) is 15.2. The quantitative estimate of drug-likeness (QED) is 0.253. The molecule has 2 rings (SSSR count). The summed E-state index contributed by atoms with van der Waals surface area (Å²) in [5.41, 5.74) is 0.679. The van der Waals surface area contributed by atoms with E-state index in [1.54, 1.807) is 97.2 Å². The third-order valence-corrected chi connectivity index (χ3v) is 5.14. The summed E-state index contributed by atoms with van der Waals surface area (Å²) >= 11 is 0. The smallest absolute Gasteiger partial charge is 0.408 e. The summed E-state index contributed by atoms with van der Waals surface area (Å²) in [4.78, 5) is 50.1. The number of hydrogen-bond donors (Lipinski definition) is 3. The van der Waals surface area contributed by atoms with E-state index in [0.717, 1.165) is 5.56 Å². The Bertz CT molecular complexity index is 1170. The van der Waals surface area contributed by atoms with Crippen LogP contribution in [0.5, 0.6) is 0 Å². The van der Waals surface area contributed by atoms with Crippen LogP contribution in [0.1, 0.15) is 57.5 Å². The fourth-order valence-electron chi connectivity index (χ4n) is 3.38. The van der Waals surface area contributed by atoms with Crippen molar-refractivity contribution in [3.8, 4) is 0 Å². The van der Waals surface area contributed by atoms with Crippen LogP contribution in [0.25, 0.3) is 0 Å². The third kappa shape index (κ3) is 13.3. The van der Waals surface area contributed by atoms with Gasteiger partial charge in [-0.15, -0.1) is 0 Å². The molecule has 0 aliphatic heterocycles. The van der Waals surface area contributed by atoms with Gasteiger partial charge >= 0.3 is 12.1 Å². The van der Waals surface area contributed by atoms with Gasteiger partial charge in [-0.2, -0.15) is 0 Å². The minimum Gasteiger partial charge on any atom is -0.456 e. The molecule has 0 bridgehead atoms. The number of carbonyl (C=O) groups excluding carboxylic acids is 4. The van der Waals surface area contributed by atoms with Gasteiger partial charge in [0.25, 0.3) is 0 Å². The molecule has 41 heavy (non-hydrogen) atoms. The average Bonchev–Trinajstić information content (AvgIpc) is 2.85. The number of ether oxygens (including phenoxy) is 4. The van der Waals surface area contributed by atoms with E-state index in [9.17, 15) is 19.2 Å². The molecule has 3 N–H and O–H groups in total. The molecule has 1 atom stereocenters. The molecule has 0 radical (unpaired) electrons. The number of esters is 1. The van der Waals surface area contributed by atoms with Gasteiger partial charge in [-0.25, -0.2) is 9.59 Å². The Morgan fingerprint density at radius 3 is 1.88 bits per heavy atom. The second-order valence-electron chi connectivity index (χ2n) is 11.3. The highest BCUT2D eigenvalue weighted by molar-refractivity contribution is 5.97. The fourth-order valence-corrected chi connectivity index (χ4v) is 3.38. The maximum atomic E-state index is 13.2. The second-order valence-corrected chi connectivity index (χ2v) is 11.3. The van der Waals surface area contributed by atoms with Crippen molar-refractivity contribution in [3.05, 3.63) is 59.7 Å². The van der Waals surface area contributed by atoms with E-state index in [-0.39, 0.29) is 18.9 Å². The zero-order valence-corrected chi connectivity index (χ0v) is 24.8. The number of hydrogen-bond acceptors (Lipinski definition) is 8. The SMILES string of the molecule is COCCOCC(=O)Nc1ccc(CC(NC(=O)OC(C)(C)C)C(=O)Nc2ccc(C(=O)OC(C)(C)C)cc2)cc1. The molecular weight excluding hydrogens is 530 g/mol. The van der Waals surface area contributed by atoms with Crippen molar-refractivity contribution in [2.75, 3.05) is 37.6 Å². The summed E-state index contributed by atoms with van der Waals surface area (Å²) in [6, 6.07) is 12.2. The highest BCUT2D eigenvalue weighted by atomic mass is 16.6. The van der Waals surface area contributed by atoms with Gasteiger partial charge in [0.15, 0.2) is 0 Å². The first-order chi connectivity index (χ1) is 19.1. The Labute approximate surface area is 241 Å². The van der Waals surface area contributed by atoms with Gasteiger partial charge in [-0.05, 0) is 83.5 Å². The van der Waals surface area contributed by atoms with Crippen molar-refractivity contribution in [3.63, 3.8) is 0 Å². The molecule has 0 fully saturated rings. The average molecular weight is 572 g/mol. The highest BCUT2D eigenvalue weighted by Crippen LogP contribution is 2.17. The Morgan fingerprint density at radius 2 is 1.32 bits per heavy atom. The van der Waals surface area contributed by atoms with Crippen LogP contribution in [-0.2, 0) is 35.0 Å². The van der Waals surface area contributed by atoms with E-state index < -0.39 is 35.2 Å². The first kappa shape index (κ1) is 33.2. The van der Waals surface area contributed by atoms with Gasteiger partial charge in [0, 0.05) is 24.9 Å². The first-order valence-corrected chi connectivity index (χ1v) is 13.2. The lowest BCUT2D eigenvalue weighted by Gasteiger charge is -2.23. The first-order valence-electron chi connectivity index (χ1n) is 13.2. The van der Waals surface area contributed by atoms with Crippen LogP contribution in [0.3, 0.4) is 0 Å². The molecule has 0 saturated heterocycles. The van der Waals surface area contributed by atoms with E-state index in [4.69, 9.17) is 18.9 Å². The molecule has 11 nitrogen and oxygen atoms in total. The topological polar surface area (TPSA) is 141 Å². The highest BCUT2D eigenvalue weighted by Gasteiger charge is 2.25. The van der Waals surface area contributed by atoms with Crippen LogP contribution in [0, 0.1) is 0 Å². The van der Waals surface area contributed by atoms with Gasteiger partial charge in [0.1, 0.15) is 23.9 Å². The van der Waals surface area contributed by atoms with Crippen LogP contribution >= 0.6 is 0 Å². The number of alkyl carbamates (subject to hydrolysis) is 1. The molecule has 11 heteroatoms. The molecule has 0 heterocycles. The molecule has 0 saturated carbocycles. The lowest BCUT2D eigenvalue weighted by molar-refractivity contribution is -0.121. The molecular formula is C30H41N3O8. The summed E-state index contributed by atoms with van der Waals surface area (Å²) in [7, 11) is 1.55. The maximum absolute atomic E-state index is 13.2. The minimum absolute atomic E-state index is 0.105. The van der Waals surface area contributed by atoms with Crippen LogP contribution in [0.2, 0.25) is 0 Å². The van der Waals surface area contributed by atoms with E-state index in [1.165, 1.54) is 0 Å². The number of amides is 3. The van der Waals surface area contributed by atoms with E-state index in [1.807, 2.05) is 0 Å². The van der Waals surface area contributed by atoms with Gasteiger partial charge in [-0.1, -0.05) is 12.1 Å². The predicted molar refractivity (Wildman–Crippen MR) is 155 cm³/mol. The van der Waals surface area contributed by atoms with Crippen LogP contribution in [-0.4, -0.2) is 68.1 Å². The van der Waals surface area contributed by atoms with Crippen LogP contribution < -0.4 is 16.0 Å². The van der Waals surface area contributed by atoms with Crippen molar-refractivity contribution in [1.29, 1.82) is 0 Å². The van der Waals surface area contributed by atoms with Crippen molar-refractivity contribution in [2.45, 2.75) is 65.2 Å². The largest absolute Gasteiger partial charge is 0.456 e. The lowest BCUT2D eigenvalue weighted by Crippen LogP contribution is -2.47. The molecule has 3 amide bonds. The zero-order chi connectivity index (χ0) is 30.6. The summed E-state index contributed by atoms with van der Waals surface area (Å²) in [6.45, 7) is 11.1. The van der Waals surface area contributed by atoms with Gasteiger partial charge < -0.3 is 34.9 Å². The fraction of sp³-hybridized carbons (Fsp3) is 0.467. The summed E-state index contributed by atoms with van der Waals surface area (Å²) in [5, 5.41) is 8.13. The van der Waals surface area contributed by atoms with Crippen molar-refractivity contribution >= 4 is 35.3 Å². The molecule has 2 aromatic rings. The van der Waals surface area contributed by atoms with Gasteiger partial charge in [0.2, 0.25) is 11.8 Å². The molecule has 1 unspecified atom stereocenters. The summed E-state index contributed by atoms with van der Waals surface area (Å²) in [5.74, 6) is -1.26. The van der Waals surface area contributed by atoms with E-state index in [2.05, 4.69) is 16.0 Å². The van der Waals surface area contributed by atoms with Crippen molar-refractivity contribution < 1.29 is 38.1 Å². The van der Waals surface area contributed by atoms with Crippen molar-refractivity contribution in [2.24, 2.45) is 0 Å². The molecule has 0 spiro atoms. The third-order valence-electron chi connectivity index (χ3n) is 5.14. The number of anilines is 2. The van der Waals surface area contributed by atoms with Crippen LogP contribution in [0.4, 0.5) is 16.2 Å². The van der Waals surface area contributed by atoms with E-state index >= 15 is 0 Å². The summed E-state index contributed by atoms with van der Waals surface area (Å²) in [6.07, 6.45) is -0.592. The molecule has 2 aromatic carbocycles. The lowest BCUT2D eigenvalue weighted by atomic mass is 10.0. The monoisotopic (exact) mass is 571 g/mol. The Balaban J connectivity index is 2.09. The number of carbonyl (C=O) groups is 4. The number of benzene rings is 2. The van der Waals surface area contributed by atoms with Crippen LogP contribution in [0.15, 0.2) is 48.5 Å². The van der Waals surface area contributed by atoms with E-state index in [0.29, 0.717) is 30.2 Å². The standard InChI is InChI=1S/C30H41N3O8/c1-29(2,3)40-27(36)21-10-14-23(15-11-21)32-26(35)24(33-28(37)41-30(4,5)6)18-20-8-12-22(13-9-20)31-25(34)19-39-17-16-38-7/h8-15,24H,16-19H2,1-7H3,(H,31,34)(H,32,35)(H,33,37). The molecule has 224 valence electrons. The van der Waals surface area contributed by atoms with Gasteiger partial charge in [-0.3, -0.25) is 9.59 Å². The van der Waals surface area contributed by atoms with Crippen molar-refractivity contribution in [1.82, 2.24) is 5.32 Å². The Hall–Kier alpha value is -3.96. The Morgan fingerprint density at radius 1 is 0.756 bits per heavy atom. The minimum atomic E-state index is -0.981. The predicted octanol–water partition coefficient (Wildman–Crippen LogP) is 4.32. The van der Waals surface area contributed by atoms with Gasteiger partial charge in [0.05, 0.1) is 18.8 Å². The molecule has 0 aromatic heterocycles. The summed E-state index contributed by atoms with van der Waals surface area (Å²) < 4.78 is 20.8. The number of methoxy groups -OCH3 is 1. The molecule has 0 aliphatic carbocycles. The number of rotatable bonds is 12. The zero-order valence-electron chi connectivity index (χ0n) is 24.8. The number of nitrogens with one attached hydrogen (secondary N) is 3. The molecule has 0 aliphatic rings. The maximum Gasteiger partial charge on any atom is 0.408 e.